The van der Waals surface area contributed by atoms with Crippen molar-refractivity contribution in [1.82, 2.24) is 25.4 Å². The second-order valence-corrected chi connectivity index (χ2v) is 4.89. The number of benzene rings is 1. The minimum absolute atomic E-state index is 0. The number of halogens is 2. The van der Waals surface area contributed by atoms with Gasteiger partial charge in [-0.15, -0.1) is 24.8 Å². The minimum atomic E-state index is -0.0728. The normalized spacial score (nSPS) is 13.3. The topological polar surface area (TPSA) is 71.8 Å². The predicted octanol–water partition coefficient (Wildman–Crippen LogP) is 1.76. The van der Waals surface area contributed by atoms with E-state index in [0.29, 0.717) is 12.1 Å². The van der Waals surface area contributed by atoms with Crippen LogP contribution in [0.3, 0.4) is 0 Å². The third-order valence-electron chi connectivity index (χ3n) is 3.43. The Balaban J connectivity index is 0.00000132. The van der Waals surface area contributed by atoms with Crippen LogP contribution < -0.4 is 10.6 Å². The molecule has 0 spiro atoms. The Hall–Kier alpha value is -1.89. The fourth-order valence-electron chi connectivity index (χ4n) is 2.26. The fourth-order valence-corrected chi connectivity index (χ4v) is 2.26. The molecule has 8 heteroatoms. The Morgan fingerprint density at radius 2 is 2.22 bits per heavy atom. The Labute approximate surface area is 147 Å². The molecular weight excluding hydrogens is 337 g/mol. The molecular formula is C15H19Cl2N5O. The van der Waals surface area contributed by atoms with Crippen molar-refractivity contribution in [2.45, 2.75) is 6.42 Å². The third kappa shape index (κ3) is 5.06. The molecule has 124 valence electrons. The first-order valence-electron chi connectivity index (χ1n) is 6.95. The SMILES string of the molecule is Cl.Cl.O=C(NCC1=CCNCC1)c1cccc(-n2cncn2)c1. The van der Waals surface area contributed by atoms with Crippen molar-refractivity contribution in [2.75, 3.05) is 19.6 Å². The monoisotopic (exact) mass is 355 g/mol. The first kappa shape index (κ1) is 19.2. The van der Waals surface area contributed by atoms with Crippen LogP contribution in [0.2, 0.25) is 0 Å². The molecule has 0 radical (unpaired) electrons. The van der Waals surface area contributed by atoms with Gasteiger partial charge in [0.1, 0.15) is 12.7 Å². The second kappa shape index (κ2) is 9.29. The van der Waals surface area contributed by atoms with Gasteiger partial charge in [0, 0.05) is 18.7 Å². The smallest absolute Gasteiger partial charge is 0.251 e. The number of rotatable bonds is 4. The van der Waals surface area contributed by atoms with Gasteiger partial charge in [0.05, 0.1) is 5.69 Å². The lowest BCUT2D eigenvalue weighted by Gasteiger charge is -2.14. The summed E-state index contributed by atoms with van der Waals surface area (Å²) < 4.78 is 1.63. The van der Waals surface area contributed by atoms with Crippen LogP contribution in [0.5, 0.6) is 0 Å². The van der Waals surface area contributed by atoms with E-state index in [0.717, 1.165) is 25.2 Å². The van der Waals surface area contributed by atoms with Crippen molar-refractivity contribution < 1.29 is 4.79 Å². The number of amides is 1. The number of nitrogens with one attached hydrogen (secondary N) is 2. The van der Waals surface area contributed by atoms with E-state index in [4.69, 9.17) is 0 Å². The van der Waals surface area contributed by atoms with Gasteiger partial charge in [-0.1, -0.05) is 17.7 Å². The minimum Gasteiger partial charge on any atom is -0.348 e. The summed E-state index contributed by atoms with van der Waals surface area (Å²) in [5.74, 6) is -0.0728. The summed E-state index contributed by atoms with van der Waals surface area (Å²) in [6.45, 7) is 2.46. The van der Waals surface area contributed by atoms with Gasteiger partial charge in [-0.05, 0) is 31.2 Å². The highest BCUT2D eigenvalue weighted by atomic mass is 35.5. The maximum Gasteiger partial charge on any atom is 0.251 e. The lowest BCUT2D eigenvalue weighted by Crippen LogP contribution is -2.29. The summed E-state index contributed by atoms with van der Waals surface area (Å²) in [7, 11) is 0. The zero-order valence-electron chi connectivity index (χ0n) is 12.4. The van der Waals surface area contributed by atoms with Crippen molar-refractivity contribution in [2.24, 2.45) is 0 Å². The van der Waals surface area contributed by atoms with Crippen LogP contribution in [0, 0.1) is 0 Å². The summed E-state index contributed by atoms with van der Waals surface area (Å²) in [4.78, 5) is 16.1. The highest BCUT2D eigenvalue weighted by Crippen LogP contribution is 2.09. The molecule has 2 heterocycles. The van der Waals surface area contributed by atoms with Gasteiger partial charge in [0.25, 0.3) is 5.91 Å². The molecule has 0 fully saturated rings. The molecule has 0 bridgehead atoms. The number of aromatic nitrogens is 3. The number of hydrogen-bond acceptors (Lipinski definition) is 4. The molecule has 1 aromatic carbocycles. The van der Waals surface area contributed by atoms with Crippen LogP contribution in [0.15, 0.2) is 48.6 Å². The molecule has 0 atom stereocenters. The van der Waals surface area contributed by atoms with Gasteiger partial charge >= 0.3 is 0 Å². The summed E-state index contributed by atoms with van der Waals surface area (Å²) in [5.41, 5.74) is 2.72. The number of carbonyl (C=O) groups excluding carboxylic acids is 1. The summed E-state index contributed by atoms with van der Waals surface area (Å²) >= 11 is 0. The van der Waals surface area contributed by atoms with Gasteiger partial charge in [0.15, 0.2) is 0 Å². The van der Waals surface area contributed by atoms with Gasteiger partial charge in [-0.3, -0.25) is 4.79 Å². The quantitative estimate of drug-likeness (QED) is 0.819. The van der Waals surface area contributed by atoms with Crippen LogP contribution >= 0.6 is 24.8 Å². The van der Waals surface area contributed by atoms with Crippen molar-refractivity contribution in [3.8, 4) is 5.69 Å². The maximum atomic E-state index is 12.2. The van der Waals surface area contributed by atoms with E-state index in [1.54, 1.807) is 23.1 Å². The molecule has 2 N–H and O–H groups in total. The fraction of sp³-hybridized carbons (Fsp3) is 0.267. The largest absolute Gasteiger partial charge is 0.348 e. The second-order valence-electron chi connectivity index (χ2n) is 4.89. The van der Waals surface area contributed by atoms with Gasteiger partial charge in [-0.25, -0.2) is 9.67 Å². The lowest BCUT2D eigenvalue weighted by molar-refractivity contribution is 0.0956. The molecule has 0 saturated carbocycles. The van der Waals surface area contributed by atoms with Crippen molar-refractivity contribution in [3.05, 3.63) is 54.1 Å². The van der Waals surface area contributed by atoms with E-state index in [-0.39, 0.29) is 30.7 Å². The van der Waals surface area contributed by atoms with Crippen molar-refractivity contribution in [3.63, 3.8) is 0 Å². The van der Waals surface area contributed by atoms with Crippen LogP contribution in [0.25, 0.3) is 5.69 Å². The Morgan fingerprint density at radius 3 is 2.91 bits per heavy atom. The molecule has 6 nitrogen and oxygen atoms in total. The van der Waals surface area contributed by atoms with Crippen LogP contribution in [0.4, 0.5) is 0 Å². The van der Waals surface area contributed by atoms with Gasteiger partial charge in [-0.2, -0.15) is 5.10 Å². The van der Waals surface area contributed by atoms with E-state index in [2.05, 4.69) is 26.8 Å². The molecule has 1 aliphatic heterocycles. The molecule has 1 aromatic heterocycles. The first-order valence-corrected chi connectivity index (χ1v) is 6.95. The Bertz CT molecular complexity index is 658. The van der Waals surface area contributed by atoms with Crippen LogP contribution in [-0.2, 0) is 0 Å². The molecule has 1 amide bonds. The van der Waals surface area contributed by atoms with Crippen LogP contribution in [0.1, 0.15) is 16.8 Å². The summed E-state index contributed by atoms with van der Waals surface area (Å²) in [5, 5.41) is 10.3. The molecule has 1 aliphatic rings. The number of hydrogen-bond donors (Lipinski definition) is 2. The van der Waals surface area contributed by atoms with Gasteiger partial charge < -0.3 is 10.6 Å². The third-order valence-corrected chi connectivity index (χ3v) is 3.43. The summed E-state index contributed by atoms with van der Waals surface area (Å²) in [6.07, 6.45) is 6.20. The average Bonchev–Trinajstić information content (AvgIpc) is 3.08. The molecule has 0 aliphatic carbocycles. The molecule has 23 heavy (non-hydrogen) atoms. The number of nitrogens with zero attached hydrogens (tertiary/aromatic N) is 3. The van der Waals surface area contributed by atoms with Crippen molar-refractivity contribution >= 4 is 30.7 Å². The molecule has 0 unspecified atom stereocenters. The molecule has 2 aromatic rings. The van der Waals surface area contributed by atoms with Crippen LogP contribution in [-0.4, -0.2) is 40.3 Å². The Morgan fingerprint density at radius 1 is 1.35 bits per heavy atom. The average molecular weight is 356 g/mol. The van der Waals surface area contributed by atoms with E-state index in [1.165, 1.54) is 11.9 Å². The predicted molar refractivity (Wildman–Crippen MR) is 93.8 cm³/mol. The van der Waals surface area contributed by atoms with E-state index in [9.17, 15) is 4.79 Å². The Kier molecular flexibility index (Phi) is 7.74. The standard InChI is InChI=1S/C15H17N5O.2ClH/c21-15(18-9-12-4-6-16-7-5-12)13-2-1-3-14(8-13)20-11-17-10-19-20;;/h1-4,8,10-11,16H,5-7,9H2,(H,18,21);2*1H. The number of carbonyl (C=O) groups is 1. The zero-order valence-corrected chi connectivity index (χ0v) is 14.1. The van der Waals surface area contributed by atoms with E-state index in [1.807, 2.05) is 12.1 Å². The maximum absolute atomic E-state index is 12.2. The summed E-state index contributed by atoms with van der Waals surface area (Å²) in [6, 6.07) is 7.34. The van der Waals surface area contributed by atoms with E-state index >= 15 is 0 Å². The highest BCUT2D eigenvalue weighted by Gasteiger charge is 2.09. The van der Waals surface area contributed by atoms with E-state index < -0.39 is 0 Å². The molecule has 3 rings (SSSR count). The van der Waals surface area contributed by atoms with Gasteiger partial charge in [0.2, 0.25) is 0 Å². The first-order chi connectivity index (χ1) is 10.3. The van der Waals surface area contributed by atoms with Crippen molar-refractivity contribution in [1.29, 1.82) is 0 Å². The lowest BCUT2D eigenvalue weighted by atomic mass is 10.1. The zero-order chi connectivity index (χ0) is 14.5. The highest BCUT2D eigenvalue weighted by molar-refractivity contribution is 5.94. The molecule has 0 saturated heterocycles.